The summed E-state index contributed by atoms with van der Waals surface area (Å²) in [7, 11) is 0. The summed E-state index contributed by atoms with van der Waals surface area (Å²) in [5, 5.41) is 14.4. The van der Waals surface area contributed by atoms with Gasteiger partial charge in [0, 0.05) is 13.2 Å². The molecule has 2 N–H and O–H groups in total. The van der Waals surface area contributed by atoms with Crippen LogP contribution in [0.15, 0.2) is 36.4 Å². The fourth-order valence-electron chi connectivity index (χ4n) is 2.32. The lowest BCUT2D eigenvalue weighted by molar-refractivity contribution is 0.0853. The van der Waals surface area contributed by atoms with E-state index in [-0.39, 0.29) is 17.7 Å². The number of nitrogens with one attached hydrogen (secondary N) is 2. The van der Waals surface area contributed by atoms with E-state index in [0.717, 1.165) is 25.1 Å². The van der Waals surface area contributed by atoms with E-state index in [1.807, 2.05) is 18.2 Å². The van der Waals surface area contributed by atoms with E-state index in [4.69, 9.17) is 16.3 Å². The van der Waals surface area contributed by atoms with Gasteiger partial charge in [0.15, 0.2) is 11.5 Å². The number of nitrogens with zero attached hydrogens (tertiary/aromatic N) is 2. The van der Waals surface area contributed by atoms with Gasteiger partial charge in [-0.15, -0.1) is 10.2 Å². The lowest BCUT2D eigenvalue weighted by Crippen LogP contribution is -2.32. The van der Waals surface area contributed by atoms with Gasteiger partial charge >= 0.3 is 0 Å². The second-order valence-electron chi connectivity index (χ2n) is 5.25. The van der Waals surface area contributed by atoms with Gasteiger partial charge in [-0.2, -0.15) is 0 Å². The topological polar surface area (TPSA) is 76.1 Å². The molecule has 0 aliphatic carbocycles. The number of rotatable bonds is 5. The zero-order valence-electron chi connectivity index (χ0n) is 12.5. The Morgan fingerprint density at radius 2 is 2.13 bits per heavy atom. The van der Waals surface area contributed by atoms with Gasteiger partial charge in [-0.3, -0.25) is 4.79 Å². The molecule has 1 saturated heterocycles. The van der Waals surface area contributed by atoms with E-state index in [1.54, 1.807) is 18.2 Å². The monoisotopic (exact) mass is 332 g/mol. The van der Waals surface area contributed by atoms with Crippen molar-refractivity contribution in [3.63, 3.8) is 0 Å². The molecular formula is C16H17ClN4O2. The Bertz CT molecular complexity index is 672. The highest BCUT2D eigenvalue weighted by Crippen LogP contribution is 2.23. The van der Waals surface area contributed by atoms with Crippen LogP contribution in [0.5, 0.6) is 0 Å². The molecule has 7 heteroatoms. The molecule has 1 atom stereocenters. The summed E-state index contributed by atoms with van der Waals surface area (Å²) in [4.78, 5) is 12.0. The largest absolute Gasteiger partial charge is 0.376 e. The Balaban J connectivity index is 1.58. The zero-order chi connectivity index (χ0) is 16.1. The van der Waals surface area contributed by atoms with Gasteiger partial charge in [0.25, 0.3) is 5.91 Å². The van der Waals surface area contributed by atoms with Gasteiger partial charge in [-0.1, -0.05) is 23.7 Å². The van der Waals surface area contributed by atoms with Crippen molar-refractivity contribution >= 4 is 29.0 Å². The molecule has 2 aromatic rings. The number of hydrogen-bond acceptors (Lipinski definition) is 5. The predicted octanol–water partition coefficient (Wildman–Crippen LogP) is 2.78. The summed E-state index contributed by atoms with van der Waals surface area (Å²) in [5.41, 5.74) is 1.01. The maximum absolute atomic E-state index is 12.0. The van der Waals surface area contributed by atoms with Gasteiger partial charge in [0.2, 0.25) is 0 Å². The number of halogens is 1. The van der Waals surface area contributed by atoms with Crippen LogP contribution in [0.2, 0.25) is 5.02 Å². The molecule has 0 bridgehead atoms. The minimum absolute atomic E-state index is 0.105. The maximum atomic E-state index is 12.0. The van der Waals surface area contributed by atoms with Crippen LogP contribution in [0.4, 0.5) is 11.5 Å². The number of anilines is 2. The highest BCUT2D eigenvalue weighted by atomic mass is 35.5. The first kappa shape index (κ1) is 15.7. The first-order valence-electron chi connectivity index (χ1n) is 7.47. The number of para-hydroxylation sites is 1. The smallest absolute Gasteiger partial charge is 0.271 e. The van der Waals surface area contributed by atoms with Gasteiger partial charge < -0.3 is 15.4 Å². The maximum Gasteiger partial charge on any atom is 0.271 e. The molecule has 23 heavy (non-hydrogen) atoms. The third-order valence-corrected chi connectivity index (χ3v) is 3.88. The minimum Gasteiger partial charge on any atom is -0.376 e. The van der Waals surface area contributed by atoms with Crippen LogP contribution in [-0.2, 0) is 4.74 Å². The number of aromatic nitrogens is 2. The molecule has 2 heterocycles. The lowest BCUT2D eigenvalue weighted by Gasteiger charge is -2.10. The van der Waals surface area contributed by atoms with Crippen molar-refractivity contribution in [2.75, 3.05) is 18.5 Å². The van der Waals surface area contributed by atoms with E-state index in [0.29, 0.717) is 17.4 Å². The van der Waals surface area contributed by atoms with E-state index < -0.39 is 0 Å². The van der Waals surface area contributed by atoms with Crippen LogP contribution in [0.1, 0.15) is 23.3 Å². The number of amides is 1. The van der Waals surface area contributed by atoms with Crippen molar-refractivity contribution in [1.82, 2.24) is 15.5 Å². The van der Waals surface area contributed by atoms with Crippen LogP contribution in [0, 0.1) is 0 Å². The first-order chi connectivity index (χ1) is 11.2. The number of ether oxygens (including phenoxy) is 1. The van der Waals surface area contributed by atoms with Gasteiger partial charge in [0.05, 0.1) is 16.8 Å². The number of hydrogen-bond donors (Lipinski definition) is 2. The van der Waals surface area contributed by atoms with Crippen LogP contribution in [-0.4, -0.2) is 35.4 Å². The highest BCUT2D eigenvalue weighted by molar-refractivity contribution is 6.33. The van der Waals surface area contributed by atoms with Crippen LogP contribution >= 0.6 is 11.6 Å². The second-order valence-corrected chi connectivity index (χ2v) is 5.66. The lowest BCUT2D eigenvalue weighted by atomic mass is 10.2. The summed E-state index contributed by atoms with van der Waals surface area (Å²) >= 11 is 6.07. The van der Waals surface area contributed by atoms with Crippen LogP contribution < -0.4 is 10.6 Å². The number of benzene rings is 1. The molecule has 0 spiro atoms. The zero-order valence-corrected chi connectivity index (χ0v) is 13.2. The molecule has 1 unspecified atom stereocenters. The van der Waals surface area contributed by atoms with Crippen molar-refractivity contribution in [3.8, 4) is 0 Å². The van der Waals surface area contributed by atoms with E-state index in [9.17, 15) is 4.79 Å². The SMILES string of the molecule is O=C(NCC1CCCO1)c1ccc(Nc2ccccc2Cl)nn1. The van der Waals surface area contributed by atoms with E-state index in [2.05, 4.69) is 20.8 Å². The molecular weight excluding hydrogens is 316 g/mol. The Hall–Kier alpha value is -2.18. The van der Waals surface area contributed by atoms with Crippen molar-refractivity contribution < 1.29 is 9.53 Å². The van der Waals surface area contributed by atoms with Gasteiger partial charge in [0.1, 0.15) is 0 Å². The fourth-order valence-corrected chi connectivity index (χ4v) is 2.51. The molecule has 1 aromatic carbocycles. The Morgan fingerprint density at radius 3 is 2.83 bits per heavy atom. The summed E-state index contributed by atoms with van der Waals surface area (Å²) < 4.78 is 5.46. The normalized spacial score (nSPS) is 17.0. The van der Waals surface area contributed by atoms with Crippen molar-refractivity contribution in [2.45, 2.75) is 18.9 Å². The van der Waals surface area contributed by atoms with Crippen molar-refractivity contribution in [2.24, 2.45) is 0 Å². The van der Waals surface area contributed by atoms with Gasteiger partial charge in [-0.05, 0) is 37.1 Å². The molecule has 1 fully saturated rings. The summed E-state index contributed by atoms with van der Waals surface area (Å²) in [6, 6.07) is 10.7. The third kappa shape index (κ3) is 4.18. The van der Waals surface area contributed by atoms with Crippen LogP contribution in [0.3, 0.4) is 0 Å². The first-order valence-corrected chi connectivity index (χ1v) is 7.85. The Kier molecular flexibility index (Phi) is 5.05. The summed E-state index contributed by atoms with van der Waals surface area (Å²) in [5.74, 6) is 0.270. The van der Waals surface area contributed by atoms with Gasteiger partial charge in [-0.25, -0.2) is 0 Å². The summed E-state index contributed by atoms with van der Waals surface area (Å²) in [6.07, 6.45) is 2.13. The third-order valence-electron chi connectivity index (χ3n) is 3.55. The molecule has 1 aromatic heterocycles. The molecule has 0 radical (unpaired) electrons. The number of carbonyl (C=O) groups is 1. The van der Waals surface area contributed by atoms with Crippen molar-refractivity contribution in [1.29, 1.82) is 0 Å². The minimum atomic E-state index is -0.253. The van der Waals surface area contributed by atoms with Crippen molar-refractivity contribution in [3.05, 3.63) is 47.1 Å². The molecule has 1 amide bonds. The highest BCUT2D eigenvalue weighted by Gasteiger charge is 2.17. The standard InChI is InChI=1S/C16H17ClN4O2/c17-12-5-1-2-6-13(12)19-15-8-7-14(20-21-15)16(22)18-10-11-4-3-9-23-11/h1-2,5-8,11H,3-4,9-10H2,(H,18,22)(H,19,21). The molecule has 1 aliphatic rings. The average molecular weight is 333 g/mol. The van der Waals surface area contributed by atoms with Crippen LogP contribution in [0.25, 0.3) is 0 Å². The molecule has 120 valence electrons. The quantitative estimate of drug-likeness (QED) is 0.880. The molecule has 3 rings (SSSR count). The Morgan fingerprint density at radius 1 is 1.26 bits per heavy atom. The van der Waals surface area contributed by atoms with E-state index in [1.165, 1.54) is 0 Å². The second kappa shape index (κ2) is 7.39. The Labute approximate surface area is 139 Å². The molecule has 1 aliphatic heterocycles. The van der Waals surface area contributed by atoms with E-state index >= 15 is 0 Å². The average Bonchev–Trinajstić information content (AvgIpc) is 3.09. The molecule has 6 nitrogen and oxygen atoms in total. The molecule has 0 saturated carbocycles. The predicted molar refractivity (Wildman–Crippen MR) is 88.1 cm³/mol. The summed E-state index contributed by atoms with van der Waals surface area (Å²) in [6.45, 7) is 1.27. The fraction of sp³-hybridized carbons (Fsp3) is 0.312. The number of carbonyl (C=O) groups excluding carboxylic acids is 1.